The van der Waals surface area contributed by atoms with Crippen molar-refractivity contribution in [2.75, 3.05) is 19.1 Å². The number of nitrogens with one attached hydrogen (secondary N) is 1. The minimum Gasteiger partial charge on any atom is -0.497 e. The van der Waals surface area contributed by atoms with Gasteiger partial charge in [0.25, 0.3) is 0 Å². The van der Waals surface area contributed by atoms with Gasteiger partial charge in [-0.3, -0.25) is 4.98 Å². The van der Waals surface area contributed by atoms with Crippen molar-refractivity contribution in [3.8, 4) is 17.2 Å². The van der Waals surface area contributed by atoms with Gasteiger partial charge in [0.2, 0.25) is 0 Å². The van der Waals surface area contributed by atoms with Gasteiger partial charge >= 0.3 is 0 Å². The van der Waals surface area contributed by atoms with E-state index in [1.807, 2.05) is 60.9 Å². The number of methoxy groups -OCH3 is 2. The predicted octanol–water partition coefficient (Wildman–Crippen LogP) is 5.82. The highest BCUT2D eigenvalue weighted by Crippen LogP contribution is 2.46. The Hall–Kier alpha value is -3.91. The molecule has 36 heavy (non-hydrogen) atoms. The van der Waals surface area contributed by atoms with Gasteiger partial charge < -0.3 is 24.3 Å². The average Bonchev–Trinajstić information content (AvgIpc) is 3.39. The lowest BCUT2D eigenvalue weighted by Crippen LogP contribution is -2.30. The lowest BCUT2D eigenvalue weighted by atomic mass is 9.96. The number of hydrogen-bond acceptors (Lipinski definition) is 4. The summed E-state index contributed by atoms with van der Waals surface area (Å²) in [4.78, 5) is 6.69. The summed E-state index contributed by atoms with van der Waals surface area (Å²) < 4.78 is 27.9. The first-order valence-corrected chi connectivity index (χ1v) is 12.0. The molecule has 2 aromatic carbocycles. The second-order valence-electron chi connectivity index (χ2n) is 8.65. The predicted molar refractivity (Wildman–Crippen MR) is 143 cm³/mol. The summed E-state index contributed by atoms with van der Waals surface area (Å²) in [5.41, 5.74) is 5.02. The highest BCUT2D eigenvalue weighted by molar-refractivity contribution is 7.80. The minimum atomic E-state index is -0.277. The number of para-hydroxylation sites is 1. The number of rotatable bonds is 6. The maximum Gasteiger partial charge on any atom is 0.174 e. The summed E-state index contributed by atoms with van der Waals surface area (Å²) in [5, 5.41) is 4.03. The van der Waals surface area contributed by atoms with Crippen LogP contribution in [0.15, 0.2) is 72.9 Å². The Labute approximate surface area is 215 Å². The van der Waals surface area contributed by atoms with Gasteiger partial charge in [-0.05, 0) is 74.1 Å². The van der Waals surface area contributed by atoms with Gasteiger partial charge in [0.15, 0.2) is 5.11 Å². The fourth-order valence-electron chi connectivity index (χ4n) is 5.01. The van der Waals surface area contributed by atoms with Crippen molar-refractivity contribution in [3.63, 3.8) is 0 Å². The van der Waals surface area contributed by atoms with E-state index in [1.165, 1.54) is 6.07 Å². The van der Waals surface area contributed by atoms with Gasteiger partial charge in [-0.1, -0.05) is 18.2 Å². The van der Waals surface area contributed by atoms with Crippen LogP contribution in [0.3, 0.4) is 0 Å². The van der Waals surface area contributed by atoms with Crippen molar-refractivity contribution >= 4 is 23.0 Å². The molecule has 0 saturated carbocycles. The van der Waals surface area contributed by atoms with E-state index in [-0.39, 0.29) is 17.9 Å². The van der Waals surface area contributed by atoms with Crippen LogP contribution in [0.25, 0.3) is 5.69 Å². The summed E-state index contributed by atoms with van der Waals surface area (Å²) in [5.74, 6) is 1.04. The third kappa shape index (κ3) is 3.97. The Morgan fingerprint density at radius 1 is 0.944 bits per heavy atom. The standard InChI is InChI=1S/C28H27FN4O2S/c1-17-15-20(18(2)32(17)23-11-6-5-9-21(23)29)27-26(22-10-7-8-14-30-22)31-28(36)33(27)24-13-12-19(34-3)16-25(24)35-4/h5-16,26-27H,1-4H3,(H,31,36)/t26-,27+/m1/s1. The van der Waals surface area contributed by atoms with Gasteiger partial charge in [0.05, 0.1) is 43.4 Å². The molecule has 1 aliphatic heterocycles. The first-order valence-electron chi connectivity index (χ1n) is 11.6. The third-order valence-corrected chi connectivity index (χ3v) is 6.94. The molecule has 1 N–H and O–H groups in total. The summed E-state index contributed by atoms with van der Waals surface area (Å²) in [6.07, 6.45) is 1.77. The van der Waals surface area contributed by atoms with Gasteiger partial charge in [-0.2, -0.15) is 0 Å². The Morgan fingerprint density at radius 3 is 2.42 bits per heavy atom. The van der Waals surface area contributed by atoms with Crippen molar-refractivity contribution in [1.29, 1.82) is 0 Å². The maximum absolute atomic E-state index is 14.8. The zero-order valence-corrected chi connectivity index (χ0v) is 21.3. The zero-order valence-electron chi connectivity index (χ0n) is 20.5. The molecule has 6 nitrogen and oxygen atoms in total. The largest absolute Gasteiger partial charge is 0.497 e. The number of ether oxygens (including phenoxy) is 2. The highest BCUT2D eigenvalue weighted by atomic mass is 32.1. The van der Waals surface area contributed by atoms with Crippen molar-refractivity contribution in [3.05, 3.63) is 101 Å². The summed E-state index contributed by atoms with van der Waals surface area (Å²) in [6, 6.07) is 19.9. The Morgan fingerprint density at radius 2 is 1.72 bits per heavy atom. The number of halogens is 1. The van der Waals surface area contributed by atoms with Crippen molar-refractivity contribution < 1.29 is 13.9 Å². The monoisotopic (exact) mass is 502 g/mol. The second-order valence-corrected chi connectivity index (χ2v) is 9.03. The van der Waals surface area contributed by atoms with Crippen LogP contribution in [0.4, 0.5) is 10.1 Å². The molecular formula is C28H27FN4O2S. The molecule has 4 aromatic rings. The molecule has 0 bridgehead atoms. The molecule has 2 atom stereocenters. The SMILES string of the molecule is COc1ccc(N2C(=S)N[C@H](c3ccccn3)[C@@H]2c2cc(C)n(-c3ccccc3F)c2C)c(OC)c1. The molecule has 0 aliphatic carbocycles. The lowest BCUT2D eigenvalue weighted by molar-refractivity contribution is 0.394. The highest BCUT2D eigenvalue weighted by Gasteiger charge is 2.43. The molecular weight excluding hydrogens is 475 g/mol. The molecule has 184 valence electrons. The van der Waals surface area contributed by atoms with E-state index < -0.39 is 0 Å². The summed E-state index contributed by atoms with van der Waals surface area (Å²) >= 11 is 5.88. The van der Waals surface area contributed by atoms with Crippen LogP contribution in [0.1, 0.15) is 34.7 Å². The van der Waals surface area contributed by atoms with E-state index in [0.29, 0.717) is 22.3 Å². The topological polar surface area (TPSA) is 51.5 Å². The van der Waals surface area contributed by atoms with Crippen LogP contribution in [0.2, 0.25) is 0 Å². The van der Waals surface area contributed by atoms with Crippen LogP contribution >= 0.6 is 12.2 Å². The van der Waals surface area contributed by atoms with Crippen molar-refractivity contribution in [1.82, 2.24) is 14.9 Å². The first-order chi connectivity index (χ1) is 17.4. The van der Waals surface area contributed by atoms with Gasteiger partial charge in [0.1, 0.15) is 17.3 Å². The number of anilines is 1. The number of thiocarbonyl (C=S) groups is 1. The van der Waals surface area contributed by atoms with E-state index >= 15 is 0 Å². The van der Waals surface area contributed by atoms with E-state index in [1.54, 1.807) is 32.5 Å². The smallest absolute Gasteiger partial charge is 0.174 e. The molecule has 3 heterocycles. The molecule has 0 unspecified atom stereocenters. The zero-order chi connectivity index (χ0) is 25.4. The third-order valence-electron chi connectivity index (χ3n) is 6.63. The van der Waals surface area contributed by atoms with Gasteiger partial charge in [-0.25, -0.2) is 4.39 Å². The minimum absolute atomic E-state index is 0.236. The Balaban J connectivity index is 1.71. The first kappa shape index (κ1) is 23.8. The van der Waals surface area contributed by atoms with Crippen molar-refractivity contribution in [2.24, 2.45) is 0 Å². The molecule has 1 fully saturated rings. The molecule has 1 aliphatic rings. The quantitative estimate of drug-likeness (QED) is 0.335. The number of aromatic nitrogens is 2. The Kier molecular flexibility index (Phi) is 6.36. The second kappa shape index (κ2) is 9.62. The van der Waals surface area contributed by atoms with E-state index in [9.17, 15) is 4.39 Å². The fourth-order valence-corrected chi connectivity index (χ4v) is 5.34. The van der Waals surface area contributed by atoms with E-state index in [2.05, 4.69) is 21.3 Å². The fraction of sp³-hybridized carbons (Fsp3) is 0.214. The van der Waals surface area contributed by atoms with E-state index in [0.717, 1.165) is 28.3 Å². The normalized spacial score (nSPS) is 17.2. The lowest BCUT2D eigenvalue weighted by Gasteiger charge is -2.29. The number of hydrogen-bond donors (Lipinski definition) is 1. The van der Waals surface area contributed by atoms with Gasteiger partial charge in [-0.15, -0.1) is 0 Å². The Bertz CT molecular complexity index is 1420. The summed E-state index contributed by atoms with van der Waals surface area (Å²) in [7, 11) is 3.24. The molecule has 0 radical (unpaired) electrons. The maximum atomic E-state index is 14.8. The van der Waals surface area contributed by atoms with Gasteiger partial charge in [0, 0.05) is 23.7 Å². The van der Waals surface area contributed by atoms with E-state index in [4.69, 9.17) is 21.7 Å². The molecule has 1 saturated heterocycles. The molecule has 2 aromatic heterocycles. The molecule has 8 heteroatoms. The van der Waals surface area contributed by atoms with Crippen LogP contribution in [0, 0.1) is 19.7 Å². The van der Waals surface area contributed by atoms with Crippen LogP contribution in [-0.4, -0.2) is 28.9 Å². The van der Waals surface area contributed by atoms with Crippen molar-refractivity contribution in [2.45, 2.75) is 25.9 Å². The number of benzene rings is 2. The summed E-state index contributed by atoms with van der Waals surface area (Å²) in [6.45, 7) is 3.99. The molecule has 5 rings (SSSR count). The number of aryl methyl sites for hydroxylation is 1. The number of nitrogens with zero attached hydrogens (tertiary/aromatic N) is 3. The number of pyridine rings is 1. The molecule has 0 amide bonds. The van der Waals surface area contributed by atoms with Crippen LogP contribution in [-0.2, 0) is 0 Å². The van der Waals surface area contributed by atoms with Crippen LogP contribution in [0.5, 0.6) is 11.5 Å². The molecule has 0 spiro atoms. The van der Waals surface area contributed by atoms with Crippen LogP contribution < -0.4 is 19.7 Å². The average molecular weight is 503 g/mol.